The minimum atomic E-state index is -0.480. The van der Waals surface area contributed by atoms with Crippen molar-refractivity contribution in [2.24, 2.45) is 0 Å². The van der Waals surface area contributed by atoms with Gasteiger partial charge in [-0.15, -0.1) is 0 Å². The second-order valence-corrected chi connectivity index (χ2v) is 8.02. The van der Waals surface area contributed by atoms with E-state index in [-0.39, 0.29) is 0 Å². The molecule has 0 saturated heterocycles. The van der Waals surface area contributed by atoms with Gasteiger partial charge in [-0.05, 0) is 26.7 Å². The topological polar surface area (TPSA) is 41.5 Å². The van der Waals surface area contributed by atoms with Gasteiger partial charge in [0.25, 0.3) is 0 Å². The molecule has 0 aliphatic carbocycles. The van der Waals surface area contributed by atoms with Gasteiger partial charge in [-0.25, -0.2) is 0 Å². The van der Waals surface area contributed by atoms with E-state index >= 15 is 0 Å². The fraction of sp³-hybridized carbons (Fsp3) is 1.00. The third kappa shape index (κ3) is 18.5. The van der Waals surface area contributed by atoms with Gasteiger partial charge < -0.3 is 9.84 Å². The summed E-state index contributed by atoms with van der Waals surface area (Å²) >= 11 is 0. The van der Waals surface area contributed by atoms with E-state index in [1.165, 1.54) is 83.5 Å². The van der Waals surface area contributed by atoms with Crippen molar-refractivity contribution in [3.63, 3.8) is 0 Å². The first-order valence-corrected chi connectivity index (χ1v) is 11.1. The molecule has 0 aromatic heterocycles. The van der Waals surface area contributed by atoms with Gasteiger partial charge in [0.15, 0.2) is 0 Å². The van der Waals surface area contributed by atoms with Crippen LogP contribution in [-0.4, -0.2) is 23.7 Å². The molecule has 0 radical (unpaired) electrons. The lowest BCUT2D eigenvalue weighted by Crippen LogP contribution is -2.47. The summed E-state index contributed by atoms with van der Waals surface area (Å²) < 4.78 is 5.84. The van der Waals surface area contributed by atoms with Crippen molar-refractivity contribution in [3.8, 4) is 0 Å². The fourth-order valence-corrected chi connectivity index (χ4v) is 3.17. The van der Waals surface area contributed by atoms with Crippen molar-refractivity contribution in [3.05, 3.63) is 0 Å². The third-order valence-corrected chi connectivity index (χ3v) is 4.86. The van der Waals surface area contributed by atoms with Gasteiger partial charge in [0.1, 0.15) is 12.0 Å². The first-order chi connectivity index (χ1) is 12.0. The lowest BCUT2D eigenvalue weighted by molar-refractivity contribution is -0.0787. The SMILES string of the molecule is CCCCCCCCCCCCCCCCOC(C)(C)NC(O)CC. The van der Waals surface area contributed by atoms with Crippen LogP contribution in [0.1, 0.15) is 124 Å². The van der Waals surface area contributed by atoms with Gasteiger partial charge in [-0.1, -0.05) is 97.3 Å². The van der Waals surface area contributed by atoms with Crippen LogP contribution < -0.4 is 5.32 Å². The van der Waals surface area contributed by atoms with Crippen molar-refractivity contribution >= 4 is 0 Å². The molecule has 0 aliphatic rings. The highest BCUT2D eigenvalue weighted by molar-refractivity contribution is 4.67. The van der Waals surface area contributed by atoms with Crippen molar-refractivity contribution < 1.29 is 9.84 Å². The van der Waals surface area contributed by atoms with E-state index in [0.29, 0.717) is 6.42 Å². The normalized spacial score (nSPS) is 13.3. The van der Waals surface area contributed by atoms with Gasteiger partial charge in [0.05, 0.1) is 0 Å². The summed E-state index contributed by atoms with van der Waals surface area (Å²) in [5.74, 6) is 0. The van der Waals surface area contributed by atoms with Crippen molar-refractivity contribution in [1.82, 2.24) is 5.32 Å². The molecule has 1 atom stereocenters. The first-order valence-electron chi connectivity index (χ1n) is 11.1. The number of aliphatic hydroxyl groups is 1. The van der Waals surface area contributed by atoms with Crippen LogP contribution in [0, 0.1) is 0 Å². The molecular formula is C22H47NO2. The standard InChI is InChI=1S/C22H47NO2/c1-5-7-8-9-10-11-12-13-14-15-16-17-18-19-20-25-22(3,4)23-21(24)6-2/h21,23-24H,5-20H2,1-4H3. The summed E-state index contributed by atoms with van der Waals surface area (Å²) in [5.41, 5.74) is -0.439. The number of aliphatic hydroxyl groups excluding tert-OH is 1. The van der Waals surface area contributed by atoms with E-state index in [4.69, 9.17) is 4.74 Å². The Balaban J connectivity index is 3.23. The molecular weight excluding hydrogens is 310 g/mol. The van der Waals surface area contributed by atoms with Crippen molar-refractivity contribution in [1.29, 1.82) is 0 Å². The number of ether oxygens (including phenoxy) is 1. The van der Waals surface area contributed by atoms with Gasteiger partial charge >= 0.3 is 0 Å². The zero-order valence-electron chi connectivity index (χ0n) is 17.7. The monoisotopic (exact) mass is 357 g/mol. The Labute approximate surface area is 158 Å². The maximum Gasteiger partial charge on any atom is 0.115 e. The predicted octanol–water partition coefficient (Wildman–Crippen LogP) is 6.54. The molecule has 0 aromatic rings. The summed E-state index contributed by atoms with van der Waals surface area (Å²) in [6.07, 6.45) is 19.5. The van der Waals surface area contributed by atoms with E-state index in [9.17, 15) is 5.11 Å². The molecule has 25 heavy (non-hydrogen) atoms. The maximum absolute atomic E-state index is 9.63. The molecule has 0 saturated carbocycles. The van der Waals surface area contributed by atoms with Crippen LogP contribution in [0.15, 0.2) is 0 Å². The zero-order chi connectivity index (χ0) is 18.8. The number of hydrogen-bond acceptors (Lipinski definition) is 3. The van der Waals surface area contributed by atoms with Crippen LogP contribution in [0.4, 0.5) is 0 Å². The van der Waals surface area contributed by atoms with Gasteiger partial charge in [-0.2, -0.15) is 0 Å². The second kappa shape index (κ2) is 17.3. The number of rotatable bonds is 19. The Hall–Kier alpha value is -0.120. The van der Waals surface area contributed by atoms with Crippen LogP contribution in [0.3, 0.4) is 0 Å². The summed E-state index contributed by atoms with van der Waals surface area (Å²) in [7, 11) is 0. The average molecular weight is 358 g/mol. The molecule has 0 aromatic carbocycles. The zero-order valence-corrected chi connectivity index (χ0v) is 17.7. The molecule has 0 spiro atoms. The molecule has 0 rings (SSSR count). The highest BCUT2D eigenvalue weighted by Gasteiger charge is 2.20. The summed E-state index contributed by atoms with van der Waals surface area (Å²) in [4.78, 5) is 0. The van der Waals surface area contributed by atoms with Gasteiger partial charge in [0.2, 0.25) is 0 Å². The van der Waals surface area contributed by atoms with Crippen LogP contribution in [0.2, 0.25) is 0 Å². The summed E-state index contributed by atoms with van der Waals surface area (Å²) in [5, 5.41) is 12.7. The number of hydrogen-bond donors (Lipinski definition) is 2. The number of unbranched alkanes of at least 4 members (excludes halogenated alkanes) is 13. The molecule has 0 fully saturated rings. The lowest BCUT2D eigenvalue weighted by Gasteiger charge is -2.29. The smallest absolute Gasteiger partial charge is 0.115 e. The lowest BCUT2D eigenvalue weighted by atomic mass is 10.0. The van der Waals surface area contributed by atoms with E-state index < -0.39 is 12.0 Å². The molecule has 3 nitrogen and oxygen atoms in total. The van der Waals surface area contributed by atoms with Gasteiger partial charge in [0, 0.05) is 6.61 Å². The molecule has 2 N–H and O–H groups in total. The number of nitrogens with one attached hydrogen (secondary N) is 1. The minimum Gasteiger partial charge on any atom is -0.379 e. The fourth-order valence-electron chi connectivity index (χ4n) is 3.17. The summed E-state index contributed by atoms with van der Waals surface area (Å²) in [6, 6.07) is 0. The Bertz CT molecular complexity index is 269. The Kier molecular flexibility index (Phi) is 17.2. The summed E-state index contributed by atoms with van der Waals surface area (Å²) in [6.45, 7) is 8.98. The van der Waals surface area contributed by atoms with Crippen molar-refractivity contribution in [2.45, 2.75) is 136 Å². The quantitative estimate of drug-likeness (QED) is 0.204. The minimum absolute atomic E-state index is 0.439. The largest absolute Gasteiger partial charge is 0.379 e. The highest BCUT2D eigenvalue weighted by atomic mass is 16.5. The molecule has 1 unspecified atom stereocenters. The maximum atomic E-state index is 9.63. The third-order valence-electron chi connectivity index (χ3n) is 4.86. The van der Waals surface area contributed by atoms with Gasteiger partial charge in [-0.3, -0.25) is 5.32 Å². The van der Waals surface area contributed by atoms with Crippen LogP contribution in [0.5, 0.6) is 0 Å². The molecule has 0 heterocycles. The molecule has 0 amide bonds. The van der Waals surface area contributed by atoms with E-state index in [2.05, 4.69) is 12.2 Å². The Morgan fingerprint density at radius 3 is 1.52 bits per heavy atom. The Morgan fingerprint density at radius 2 is 1.12 bits per heavy atom. The van der Waals surface area contributed by atoms with E-state index in [0.717, 1.165) is 13.0 Å². The average Bonchev–Trinajstić information content (AvgIpc) is 2.57. The second-order valence-electron chi connectivity index (χ2n) is 8.02. The Morgan fingerprint density at radius 1 is 0.720 bits per heavy atom. The predicted molar refractivity (Wildman–Crippen MR) is 110 cm³/mol. The van der Waals surface area contributed by atoms with E-state index in [1.54, 1.807) is 0 Å². The molecule has 0 bridgehead atoms. The van der Waals surface area contributed by atoms with Crippen molar-refractivity contribution in [2.75, 3.05) is 6.61 Å². The molecule has 0 aliphatic heterocycles. The van der Waals surface area contributed by atoms with Crippen LogP contribution in [-0.2, 0) is 4.74 Å². The molecule has 3 heteroatoms. The van der Waals surface area contributed by atoms with Crippen LogP contribution >= 0.6 is 0 Å². The van der Waals surface area contributed by atoms with Crippen LogP contribution in [0.25, 0.3) is 0 Å². The highest BCUT2D eigenvalue weighted by Crippen LogP contribution is 2.13. The van der Waals surface area contributed by atoms with E-state index in [1.807, 2.05) is 20.8 Å². The molecule has 152 valence electrons. The first kappa shape index (κ1) is 24.9.